The van der Waals surface area contributed by atoms with Crippen LogP contribution in [0.2, 0.25) is 0 Å². The van der Waals surface area contributed by atoms with Gasteiger partial charge in [0.15, 0.2) is 5.65 Å². The number of nitrogens with zero attached hydrogens (tertiary/aromatic N) is 3. The molecule has 1 aliphatic rings. The smallest absolute Gasteiger partial charge is 0.406 e. The number of amides is 1. The number of hydrogen-bond donors (Lipinski definition) is 2. The van der Waals surface area contributed by atoms with Gasteiger partial charge in [0.05, 0.1) is 17.3 Å². The molecule has 2 aromatic heterocycles. The Balaban J connectivity index is 1.51. The number of aromatic nitrogens is 3. The number of ether oxygens (including phenoxy) is 1. The number of H-pyrrole nitrogens is 1. The number of carbonyl (C=O) groups is 1. The summed E-state index contributed by atoms with van der Waals surface area (Å²) in [5, 5.41) is 0. The Morgan fingerprint density at radius 2 is 1.97 bits per heavy atom. The number of nitrogens with two attached hydrogens (primary N) is 1. The van der Waals surface area contributed by atoms with E-state index in [0.29, 0.717) is 29.6 Å². The molecule has 12 heteroatoms. The lowest BCUT2D eigenvalue weighted by molar-refractivity contribution is -0.274. The van der Waals surface area contributed by atoms with Crippen LogP contribution < -0.4 is 16.2 Å². The van der Waals surface area contributed by atoms with Crippen molar-refractivity contribution in [1.82, 2.24) is 19.4 Å². The Labute approximate surface area is 178 Å². The summed E-state index contributed by atoms with van der Waals surface area (Å²) in [5.41, 5.74) is 6.36. The molecule has 0 atom stereocenters. The number of benzene rings is 1. The minimum atomic E-state index is -4.86. The van der Waals surface area contributed by atoms with E-state index in [-0.39, 0.29) is 30.3 Å². The van der Waals surface area contributed by atoms with Crippen LogP contribution in [-0.4, -0.2) is 44.8 Å². The maximum absolute atomic E-state index is 14.6. The topological polar surface area (TPSA) is 106 Å². The zero-order valence-corrected chi connectivity index (χ0v) is 16.9. The van der Waals surface area contributed by atoms with Gasteiger partial charge in [-0.15, -0.1) is 13.2 Å². The van der Waals surface area contributed by atoms with Crippen LogP contribution in [0.15, 0.2) is 29.2 Å². The molecule has 0 saturated carbocycles. The van der Waals surface area contributed by atoms with Gasteiger partial charge in [-0.25, -0.2) is 14.2 Å². The van der Waals surface area contributed by atoms with Gasteiger partial charge in [-0.2, -0.15) is 0 Å². The fourth-order valence-electron chi connectivity index (χ4n) is 4.07. The van der Waals surface area contributed by atoms with E-state index in [1.165, 1.54) is 22.6 Å². The summed E-state index contributed by atoms with van der Waals surface area (Å²) in [7, 11) is 1.53. The van der Waals surface area contributed by atoms with Crippen molar-refractivity contribution >= 4 is 22.8 Å². The molecular weight excluding hydrogens is 434 g/mol. The number of imidazole rings is 1. The molecule has 1 fully saturated rings. The number of aromatic amines is 1. The third kappa shape index (κ3) is 3.99. The molecule has 3 aromatic rings. The number of halogens is 4. The number of aryl methyl sites for hydroxylation is 1. The third-order valence-electron chi connectivity index (χ3n) is 5.59. The van der Waals surface area contributed by atoms with Gasteiger partial charge in [0.1, 0.15) is 11.6 Å². The summed E-state index contributed by atoms with van der Waals surface area (Å²) in [6.07, 6.45) is -2.94. The van der Waals surface area contributed by atoms with Crippen molar-refractivity contribution in [3.8, 4) is 5.75 Å². The second kappa shape index (κ2) is 7.84. The average molecular weight is 453 g/mol. The second-order valence-electron chi connectivity index (χ2n) is 7.57. The number of likely N-dealkylation sites (tertiary alicyclic amines) is 1. The number of nitrogen functional groups attached to an aromatic ring is 1. The van der Waals surface area contributed by atoms with E-state index < -0.39 is 29.5 Å². The number of pyridine rings is 1. The molecule has 0 aliphatic carbocycles. The monoisotopic (exact) mass is 453 g/mol. The Kier molecular flexibility index (Phi) is 5.31. The van der Waals surface area contributed by atoms with Crippen molar-refractivity contribution in [2.45, 2.75) is 25.1 Å². The summed E-state index contributed by atoms with van der Waals surface area (Å²) in [6, 6.07) is 3.16. The molecular formula is C20H19F4N5O3. The van der Waals surface area contributed by atoms with Crippen LogP contribution in [0, 0.1) is 5.82 Å². The maximum Gasteiger partial charge on any atom is 0.573 e. The molecule has 0 spiro atoms. The van der Waals surface area contributed by atoms with E-state index in [1.54, 1.807) is 0 Å². The fraction of sp³-hybridized carbons (Fsp3) is 0.350. The summed E-state index contributed by atoms with van der Waals surface area (Å²) >= 11 is 0. The predicted molar refractivity (Wildman–Crippen MR) is 107 cm³/mol. The van der Waals surface area contributed by atoms with Gasteiger partial charge in [-0.05, 0) is 30.9 Å². The van der Waals surface area contributed by atoms with Gasteiger partial charge < -0.3 is 15.4 Å². The Hall–Kier alpha value is -3.57. The number of carbonyl (C=O) groups excluding carboxylic acids is 1. The largest absolute Gasteiger partial charge is 0.573 e. The first-order valence-corrected chi connectivity index (χ1v) is 9.73. The number of alkyl halides is 3. The first-order valence-electron chi connectivity index (χ1n) is 9.73. The van der Waals surface area contributed by atoms with Crippen LogP contribution in [0.3, 0.4) is 0 Å². The molecule has 1 amide bonds. The van der Waals surface area contributed by atoms with Crippen LogP contribution in [-0.2, 0) is 7.05 Å². The highest BCUT2D eigenvalue weighted by molar-refractivity contribution is 5.99. The lowest BCUT2D eigenvalue weighted by Gasteiger charge is -2.33. The lowest BCUT2D eigenvalue weighted by Crippen LogP contribution is -2.38. The molecule has 0 bridgehead atoms. The van der Waals surface area contributed by atoms with Crippen LogP contribution in [0.5, 0.6) is 5.75 Å². The number of fused-ring (bicyclic) bond motifs is 1. The van der Waals surface area contributed by atoms with Gasteiger partial charge >= 0.3 is 12.1 Å². The molecule has 3 heterocycles. The SMILES string of the molecule is Cn1c(=O)[nH]c2ncc(F)c(C3CCN(C(=O)c4ccc(OC(F)(F)F)cc4N)CC3)c21. The molecule has 1 aliphatic heterocycles. The highest BCUT2D eigenvalue weighted by Crippen LogP contribution is 2.34. The average Bonchev–Trinajstić information content (AvgIpc) is 3.01. The van der Waals surface area contributed by atoms with E-state index in [9.17, 15) is 27.2 Å². The highest BCUT2D eigenvalue weighted by atomic mass is 19.4. The summed E-state index contributed by atoms with van der Waals surface area (Å²) in [6.45, 7) is 0.566. The van der Waals surface area contributed by atoms with Gasteiger partial charge in [0.25, 0.3) is 5.91 Å². The number of hydrogen-bond acceptors (Lipinski definition) is 5. The first kappa shape index (κ1) is 21.7. The molecule has 0 radical (unpaired) electrons. The molecule has 8 nitrogen and oxygen atoms in total. The number of nitrogens with one attached hydrogen (secondary N) is 1. The van der Waals surface area contributed by atoms with Gasteiger partial charge in [0.2, 0.25) is 0 Å². The predicted octanol–water partition coefficient (Wildman–Crippen LogP) is 2.90. The fourth-order valence-corrected chi connectivity index (χ4v) is 4.07. The Bertz CT molecular complexity index is 1240. The van der Waals surface area contributed by atoms with E-state index >= 15 is 0 Å². The zero-order chi connectivity index (χ0) is 23.2. The third-order valence-corrected chi connectivity index (χ3v) is 5.59. The van der Waals surface area contributed by atoms with Crippen LogP contribution in [0.1, 0.15) is 34.7 Å². The zero-order valence-electron chi connectivity index (χ0n) is 16.9. The van der Waals surface area contributed by atoms with E-state index in [1.807, 2.05) is 0 Å². The number of anilines is 1. The van der Waals surface area contributed by atoms with Crippen molar-refractivity contribution in [3.63, 3.8) is 0 Å². The quantitative estimate of drug-likeness (QED) is 0.469. The molecule has 1 aromatic carbocycles. The van der Waals surface area contributed by atoms with E-state index in [2.05, 4.69) is 14.7 Å². The maximum atomic E-state index is 14.6. The molecule has 0 unspecified atom stereocenters. The highest BCUT2D eigenvalue weighted by Gasteiger charge is 2.32. The van der Waals surface area contributed by atoms with Gasteiger partial charge in [0, 0.05) is 37.5 Å². The molecule has 170 valence electrons. The minimum absolute atomic E-state index is 0.0588. The van der Waals surface area contributed by atoms with Crippen molar-refractivity contribution in [2.24, 2.45) is 7.05 Å². The number of rotatable bonds is 3. The van der Waals surface area contributed by atoms with Gasteiger partial charge in [-0.1, -0.05) is 0 Å². The van der Waals surface area contributed by atoms with E-state index in [4.69, 9.17) is 5.73 Å². The summed E-state index contributed by atoms with van der Waals surface area (Å²) in [4.78, 5) is 32.8. The van der Waals surface area contributed by atoms with Crippen molar-refractivity contribution in [1.29, 1.82) is 0 Å². The number of piperidine rings is 1. The van der Waals surface area contributed by atoms with Crippen molar-refractivity contribution in [2.75, 3.05) is 18.8 Å². The molecule has 4 rings (SSSR count). The van der Waals surface area contributed by atoms with Gasteiger partial charge in [-0.3, -0.25) is 14.3 Å². The van der Waals surface area contributed by atoms with E-state index in [0.717, 1.165) is 18.3 Å². The second-order valence-corrected chi connectivity index (χ2v) is 7.57. The standard InChI is InChI=1S/C20H19F4N5O3/c1-28-16-15(13(21)9-26-17(16)27-19(28)31)10-4-6-29(7-5-10)18(30)12-3-2-11(8-14(12)25)32-20(22,23)24/h2-3,8-10H,4-7,25H2,1H3,(H,26,27,31). The molecule has 1 saturated heterocycles. The first-order chi connectivity index (χ1) is 15.0. The Morgan fingerprint density at radius 1 is 1.28 bits per heavy atom. The van der Waals surface area contributed by atoms with Crippen LogP contribution >= 0.6 is 0 Å². The summed E-state index contributed by atoms with van der Waals surface area (Å²) in [5.74, 6) is -1.72. The summed E-state index contributed by atoms with van der Waals surface area (Å²) < 4.78 is 56.8. The van der Waals surface area contributed by atoms with Crippen LogP contribution in [0.4, 0.5) is 23.2 Å². The van der Waals surface area contributed by atoms with Crippen LogP contribution in [0.25, 0.3) is 11.2 Å². The molecule has 3 N–H and O–H groups in total. The van der Waals surface area contributed by atoms with Crippen molar-refractivity contribution in [3.05, 3.63) is 51.8 Å². The lowest BCUT2D eigenvalue weighted by atomic mass is 9.88. The minimum Gasteiger partial charge on any atom is -0.406 e. The molecule has 32 heavy (non-hydrogen) atoms. The van der Waals surface area contributed by atoms with Crippen molar-refractivity contribution < 1.29 is 27.1 Å². The Morgan fingerprint density at radius 3 is 2.59 bits per heavy atom. The normalized spacial score (nSPS) is 15.3.